The maximum absolute atomic E-state index is 10.5. The van der Waals surface area contributed by atoms with E-state index in [1.54, 1.807) is 11.0 Å². The Bertz CT molecular complexity index is 544. The summed E-state index contributed by atoms with van der Waals surface area (Å²) in [6.45, 7) is 0.564. The fourth-order valence-corrected chi connectivity index (χ4v) is 2.94. The first kappa shape index (κ1) is 13.3. The average Bonchev–Trinajstić information content (AvgIpc) is 2.87. The summed E-state index contributed by atoms with van der Waals surface area (Å²) >= 11 is 0. The van der Waals surface area contributed by atoms with Crippen molar-refractivity contribution in [1.82, 2.24) is 14.8 Å². The minimum absolute atomic E-state index is 0.564. The third-order valence-electron chi connectivity index (χ3n) is 4.03. The summed E-state index contributed by atoms with van der Waals surface area (Å²) < 4.78 is 1.80. The summed E-state index contributed by atoms with van der Waals surface area (Å²) in [6.07, 6.45) is 7.70. The molecule has 1 aromatic carbocycles. The van der Waals surface area contributed by atoms with Gasteiger partial charge in [-0.05, 0) is 18.4 Å². The summed E-state index contributed by atoms with van der Waals surface area (Å²) in [5.74, 6) is 0.815. The molecule has 2 aromatic rings. The fourth-order valence-electron chi connectivity index (χ4n) is 2.94. The monoisotopic (exact) mass is 271 g/mol. The number of aliphatic hydroxyl groups is 1. The molecule has 3 rings (SSSR count). The second-order valence-corrected chi connectivity index (χ2v) is 5.81. The van der Waals surface area contributed by atoms with Gasteiger partial charge in [0.05, 0.1) is 12.1 Å². The van der Waals surface area contributed by atoms with E-state index in [1.807, 2.05) is 18.2 Å². The van der Waals surface area contributed by atoms with Crippen LogP contribution in [0.25, 0.3) is 0 Å². The highest BCUT2D eigenvalue weighted by molar-refractivity contribution is 5.18. The van der Waals surface area contributed by atoms with Crippen LogP contribution in [0.5, 0.6) is 0 Å². The van der Waals surface area contributed by atoms with Crippen LogP contribution in [0.2, 0.25) is 0 Å². The van der Waals surface area contributed by atoms with Gasteiger partial charge in [0.2, 0.25) is 0 Å². The zero-order valence-electron chi connectivity index (χ0n) is 11.7. The number of rotatable bonds is 4. The van der Waals surface area contributed by atoms with Gasteiger partial charge in [0, 0.05) is 6.42 Å². The average molecular weight is 271 g/mol. The molecule has 0 atom stereocenters. The smallest absolute Gasteiger partial charge is 0.154 e. The molecule has 0 unspecified atom stereocenters. The lowest BCUT2D eigenvalue weighted by atomic mass is 9.85. The normalized spacial score (nSPS) is 18.1. The predicted molar refractivity (Wildman–Crippen MR) is 77.3 cm³/mol. The highest BCUT2D eigenvalue weighted by Gasteiger charge is 2.29. The van der Waals surface area contributed by atoms with Crippen molar-refractivity contribution in [1.29, 1.82) is 0 Å². The van der Waals surface area contributed by atoms with E-state index >= 15 is 0 Å². The first-order chi connectivity index (χ1) is 9.73. The molecule has 0 amide bonds. The van der Waals surface area contributed by atoms with Gasteiger partial charge in [-0.15, -0.1) is 0 Å². The van der Waals surface area contributed by atoms with Crippen LogP contribution in [0.1, 0.15) is 43.5 Å². The highest BCUT2D eigenvalue weighted by atomic mass is 16.3. The van der Waals surface area contributed by atoms with E-state index in [0.717, 1.165) is 37.9 Å². The van der Waals surface area contributed by atoms with E-state index in [9.17, 15) is 5.11 Å². The Morgan fingerprint density at radius 2 is 1.85 bits per heavy atom. The molecule has 1 aliphatic rings. The Morgan fingerprint density at radius 1 is 1.10 bits per heavy atom. The van der Waals surface area contributed by atoms with Gasteiger partial charge in [-0.2, -0.15) is 5.10 Å². The van der Waals surface area contributed by atoms with Crippen LogP contribution < -0.4 is 0 Å². The summed E-state index contributed by atoms with van der Waals surface area (Å²) in [5, 5.41) is 15.0. The molecule has 0 bridgehead atoms. The second-order valence-electron chi connectivity index (χ2n) is 5.81. The van der Waals surface area contributed by atoms with Crippen LogP contribution in [0.15, 0.2) is 36.7 Å². The number of hydrogen-bond donors (Lipinski definition) is 1. The van der Waals surface area contributed by atoms with E-state index in [1.165, 1.54) is 12.0 Å². The molecule has 1 N–H and O–H groups in total. The molecule has 0 aliphatic heterocycles. The van der Waals surface area contributed by atoms with Crippen molar-refractivity contribution < 1.29 is 5.11 Å². The van der Waals surface area contributed by atoms with Crippen LogP contribution in [0, 0.1) is 0 Å². The third-order valence-corrected chi connectivity index (χ3v) is 4.03. The second kappa shape index (κ2) is 5.75. The van der Waals surface area contributed by atoms with Crippen molar-refractivity contribution in [2.24, 2.45) is 0 Å². The van der Waals surface area contributed by atoms with Crippen LogP contribution in [-0.2, 0) is 13.0 Å². The molecule has 0 saturated heterocycles. The van der Waals surface area contributed by atoms with Crippen molar-refractivity contribution in [3.63, 3.8) is 0 Å². The fraction of sp³-hybridized carbons (Fsp3) is 0.500. The summed E-state index contributed by atoms with van der Waals surface area (Å²) in [6, 6.07) is 10.2. The van der Waals surface area contributed by atoms with Crippen molar-refractivity contribution in [3.8, 4) is 0 Å². The molecule has 106 valence electrons. The van der Waals surface area contributed by atoms with Crippen LogP contribution >= 0.6 is 0 Å². The minimum Gasteiger partial charge on any atom is -0.388 e. The van der Waals surface area contributed by atoms with Gasteiger partial charge in [-0.3, -0.25) is 0 Å². The highest BCUT2D eigenvalue weighted by Crippen LogP contribution is 2.29. The molecule has 4 heteroatoms. The van der Waals surface area contributed by atoms with Gasteiger partial charge >= 0.3 is 0 Å². The standard InChI is InChI=1S/C16H21N3O/c20-16(9-5-2-6-10-16)12-19-13-17-15(18-19)11-14-7-3-1-4-8-14/h1,3-4,7-8,13,20H,2,5-6,9-12H2. The van der Waals surface area contributed by atoms with E-state index in [4.69, 9.17) is 0 Å². The molecule has 1 heterocycles. The lowest BCUT2D eigenvalue weighted by Crippen LogP contribution is -2.36. The molecule has 0 spiro atoms. The molecule has 1 aromatic heterocycles. The van der Waals surface area contributed by atoms with Gasteiger partial charge < -0.3 is 5.11 Å². The number of nitrogens with zero attached hydrogens (tertiary/aromatic N) is 3. The minimum atomic E-state index is -0.587. The Morgan fingerprint density at radius 3 is 2.60 bits per heavy atom. The molecule has 0 radical (unpaired) electrons. The van der Waals surface area contributed by atoms with Crippen LogP contribution in [-0.4, -0.2) is 25.5 Å². The lowest BCUT2D eigenvalue weighted by molar-refractivity contribution is -0.0144. The Balaban J connectivity index is 1.65. The van der Waals surface area contributed by atoms with Crippen molar-refractivity contribution in [2.45, 2.75) is 50.7 Å². The quantitative estimate of drug-likeness (QED) is 0.929. The molecule has 4 nitrogen and oxygen atoms in total. The first-order valence-corrected chi connectivity index (χ1v) is 7.38. The Labute approximate surface area is 119 Å². The Kier molecular flexibility index (Phi) is 3.83. The maximum atomic E-state index is 10.5. The topological polar surface area (TPSA) is 50.9 Å². The largest absolute Gasteiger partial charge is 0.388 e. The third kappa shape index (κ3) is 3.25. The summed E-state index contributed by atoms with van der Waals surface area (Å²) in [4.78, 5) is 4.35. The van der Waals surface area contributed by atoms with Crippen molar-refractivity contribution in [2.75, 3.05) is 0 Å². The van der Waals surface area contributed by atoms with Gasteiger partial charge in [-0.1, -0.05) is 49.6 Å². The first-order valence-electron chi connectivity index (χ1n) is 7.38. The molecule has 1 saturated carbocycles. The van der Waals surface area contributed by atoms with E-state index in [-0.39, 0.29) is 0 Å². The molecular weight excluding hydrogens is 250 g/mol. The van der Waals surface area contributed by atoms with Gasteiger partial charge in [-0.25, -0.2) is 9.67 Å². The van der Waals surface area contributed by atoms with Crippen LogP contribution in [0.4, 0.5) is 0 Å². The van der Waals surface area contributed by atoms with E-state index in [2.05, 4.69) is 22.2 Å². The SMILES string of the molecule is OC1(Cn2cnc(Cc3ccccc3)n2)CCCCC1. The summed E-state index contributed by atoms with van der Waals surface area (Å²) in [7, 11) is 0. The van der Waals surface area contributed by atoms with E-state index in [0.29, 0.717) is 6.54 Å². The maximum Gasteiger partial charge on any atom is 0.154 e. The zero-order chi connectivity index (χ0) is 13.8. The zero-order valence-corrected chi connectivity index (χ0v) is 11.7. The van der Waals surface area contributed by atoms with Crippen molar-refractivity contribution in [3.05, 3.63) is 48.0 Å². The van der Waals surface area contributed by atoms with E-state index < -0.39 is 5.60 Å². The number of hydrogen-bond acceptors (Lipinski definition) is 3. The molecule has 20 heavy (non-hydrogen) atoms. The Hall–Kier alpha value is -1.68. The lowest BCUT2D eigenvalue weighted by Gasteiger charge is -2.31. The molecule has 1 fully saturated rings. The van der Waals surface area contributed by atoms with Gasteiger partial charge in [0.1, 0.15) is 6.33 Å². The van der Waals surface area contributed by atoms with Gasteiger partial charge in [0.25, 0.3) is 0 Å². The van der Waals surface area contributed by atoms with Gasteiger partial charge in [0.15, 0.2) is 5.82 Å². The number of benzene rings is 1. The predicted octanol–water partition coefficient (Wildman–Crippen LogP) is 2.56. The molecule has 1 aliphatic carbocycles. The molecular formula is C16H21N3O. The van der Waals surface area contributed by atoms with Crippen molar-refractivity contribution >= 4 is 0 Å². The summed E-state index contributed by atoms with van der Waals surface area (Å²) in [5.41, 5.74) is 0.623. The van der Waals surface area contributed by atoms with Crippen LogP contribution in [0.3, 0.4) is 0 Å². The number of aromatic nitrogens is 3.